The van der Waals surface area contributed by atoms with Crippen molar-refractivity contribution in [3.05, 3.63) is 11.4 Å². The molecular formula is C13H22N4O3. The standard InChI is InChI=1S/C13H22N4O3/c1-3-4-10-11(14)12(16-15-10)13(19)17-5-9(6-18)20-7-8(17)2/h8-9,18H,3-7,14H2,1-2H3,(H,15,16). The summed E-state index contributed by atoms with van der Waals surface area (Å²) >= 11 is 0. The Balaban J connectivity index is 2.17. The van der Waals surface area contributed by atoms with E-state index in [9.17, 15) is 4.79 Å². The summed E-state index contributed by atoms with van der Waals surface area (Å²) in [5.41, 5.74) is 7.48. The minimum absolute atomic E-state index is 0.0592. The molecule has 1 amide bonds. The average Bonchev–Trinajstić information content (AvgIpc) is 2.81. The molecule has 0 radical (unpaired) electrons. The third-order valence-electron chi connectivity index (χ3n) is 3.56. The van der Waals surface area contributed by atoms with Gasteiger partial charge in [-0.25, -0.2) is 0 Å². The number of nitrogen functional groups attached to an aromatic ring is 1. The highest BCUT2D eigenvalue weighted by Crippen LogP contribution is 2.20. The molecule has 1 aromatic rings. The van der Waals surface area contributed by atoms with Gasteiger partial charge in [-0.1, -0.05) is 13.3 Å². The van der Waals surface area contributed by atoms with E-state index in [1.165, 1.54) is 0 Å². The number of amides is 1. The highest BCUT2D eigenvalue weighted by molar-refractivity contribution is 5.97. The number of carbonyl (C=O) groups excluding carboxylic acids is 1. The van der Waals surface area contributed by atoms with Crippen molar-refractivity contribution in [2.75, 3.05) is 25.5 Å². The van der Waals surface area contributed by atoms with Gasteiger partial charge in [0.2, 0.25) is 0 Å². The maximum atomic E-state index is 12.5. The van der Waals surface area contributed by atoms with Crippen LogP contribution in [-0.4, -0.2) is 58.0 Å². The summed E-state index contributed by atoms with van der Waals surface area (Å²) in [6.07, 6.45) is 1.36. The van der Waals surface area contributed by atoms with E-state index in [-0.39, 0.29) is 30.4 Å². The maximum absolute atomic E-state index is 12.5. The second-order valence-corrected chi connectivity index (χ2v) is 5.16. The molecule has 0 saturated carbocycles. The molecule has 0 bridgehead atoms. The zero-order chi connectivity index (χ0) is 14.7. The van der Waals surface area contributed by atoms with Crippen molar-refractivity contribution in [3.8, 4) is 0 Å². The summed E-state index contributed by atoms with van der Waals surface area (Å²) in [6.45, 7) is 4.60. The van der Waals surface area contributed by atoms with Gasteiger partial charge < -0.3 is 20.5 Å². The van der Waals surface area contributed by atoms with Crippen LogP contribution in [0.4, 0.5) is 5.69 Å². The lowest BCUT2D eigenvalue weighted by molar-refractivity contribution is -0.0668. The Bertz CT molecular complexity index is 474. The van der Waals surface area contributed by atoms with Gasteiger partial charge in [-0.15, -0.1) is 0 Å². The smallest absolute Gasteiger partial charge is 0.276 e. The summed E-state index contributed by atoms with van der Waals surface area (Å²) < 4.78 is 5.43. The molecule has 1 saturated heterocycles. The van der Waals surface area contributed by atoms with Crippen LogP contribution < -0.4 is 5.73 Å². The fourth-order valence-corrected chi connectivity index (χ4v) is 2.34. The Hall–Kier alpha value is -1.60. The molecule has 1 aliphatic rings. The minimum atomic E-state index is -0.342. The van der Waals surface area contributed by atoms with Gasteiger partial charge in [0.1, 0.15) is 0 Å². The first-order valence-corrected chi connectivity index (χ1v) is 6.94. The number of rotatable bonds is 4. The summed E-state index contributed by atoms with van der Waals surface area (Å²) in [5.74, 6) is -0.213. The number of anilines is 1. The predicted octanol–water partition coefficient (Wildman–Crippen LogP) is 0.166. The number of aliphatic hydroxyl groups excluding tert-OH is 1. The van der Waals surface area contributed by atoms with Gasteiger partial charge in [0.15, 0.2) is 5.69 Å². The van der Waals surface area contributed by atoms with E-state index in [0.29, 0.717) is 18.8 Å². The van der Waals surface area contributed by atoms with E-state index < -0.39 is 0 Å². The zero-order valence-corrected chi connectivity index (χ0v) is 11.9. The van der Waals surface area contributed by atoms with E-state index in [0.717, 1.165) is 18.5 Å². The van der Waals surface area contributed by atoms with Crippen molar-refractivity contribution in [2.45, 2.75) is 38.8 Å². The number of aromatic amines is 1. The molecule has 1 aliphatic heterocycles. The number of aromatic nitrogens is 2. The molecule has 2 rings (SSSR count). The van der Waals surface area contributed by atoms with Crippen LogP contribution in [0.2, 0.25) is 0 Å². The van der Waals surface area contributed by atoms with Crippen LogP contribution in [0.5, 0.6) is 0 Å². The molecule has 0 aliphatic carbocycles. The lowest BCUT2D eigenvalue weighted by atomic mass is 10.1. The average molecular weight is 282 g/mol. The zero-order valence-electron chi connectivity index (χ0n) is 11.9. The first-order chi connectivity index (χ1) is 9.58. The normalized spacial score (nSPS) is 23.1. The van der Waals surface area contributed by atoms with Crippen molar-refractivity contribution >= 4 is 11.6 Å². The van der Waals surface area contributed by atoms with Gasteiger partial charge in [0.05, 0.1) is 36.7 Å². The van der Waals surface area contributed by atoms with Crippen LogP contribution in [0.15, 0.2) is 0 Å². The summed E-state index contributed by atoms with van der Waals surface area (Å²) in [5, 5.41) is 16.0. The summed E-state index contributed by atoms with van der Waals surface area (Å²) in [7, 11) is 0. The third-order valence-corrected chi connectivity index (χ3v) is 3.56. The fourth-order valence-electron chi connectivity index (χ4n) is 2.34. The number of nitrogens with zero attached hydrogens (tertiary/aromatic N) is 2. The predicted molar refractivity (Wildman–Crippen MR) is 74.3 cm³/mol. The van der Waals surface area contributed by atoms with Crippen molar-refractivity contribution in [1.82, 2.24) is 15.1 Å². The fraction of sp³-hybridized carbons (Fsp3) is 0.692. The molecule has 0 aromatic carbocycles. The number of ether oxygens (including phenoxy) is 1. The molecule has 1 aromatic heterocycles. The SMILES string of the molecule is CCCc1[nH]nc(C(=O)N2CC(CO)OCC2C)c1N. The van der Waals surface area contributed by atoms with Crippen LogP contribution in [0, 0.1) is 0 Å². The molecule has 112 valence electrons. The van der Waals surface area contributed by atoms with E-state index in [1.807, 2.05) is 13.8 Å². The van der Waals surface area contributed by atoms with Crippen LogP contribution >= 0.6 is 0 Å². The number of nitrogens with two attached hydrogens (primary N) is 1. The summed E-state index contributed by atoms with van der Waals surface area (Å²) in [4.78, 5) is 14.2. The second kappa shape index (κ2) is 6.23. The number of nitrogens with one attached hydrogen (secondary N) is 1. The van der Waals surface area contributed by atoms with Gasteiger partial charge in [0, 0.05) is 6.54 Å². The number of carbonyl (C=O) groups is 1. The lowest BCUT2D eigenvalue weighted by Crippen LogP contribution is -2.52. The highest BCUT2D eigenvalue weighted by atomic mass is 16.5. The third kappa shape index (κ3) is 2.78. The molecule has 7 nitrogen and oxygen atoms in total. The highest BCUT2D eigenvalue weighted by Gasteiger charge is 2.32. The Kier molecular flexibility index (Phi) is 4.61. The molecule has 7 heteroatoms. The summed E-state index contributed by atoms with van der Waals surface area (Å²) in [6, 6.07) is -0.0592. The maximum Gasteiger partial charge on any atom is 0.276 e. The minimum Gasteiger partial charge on any atom is -0.395 e. The Morgan fingerprint density at radius 1 is 1.65 bits per heavy atom. The number of aryl methyl sites for hydroxylation is 1. The van der Waals surface area contributed by atoms with Crippen LogP contribution in [0.1, 0.15) is 36.5 Å². The van der Waals surface area contributed by atoms with Crippen molar-refractivity contribution in [2.24, 2.45) is 0 Å². The monoisotopic (exact) mass is 282 g/mol. The molecule has 2 unspecified atom stereocenters. The van der Waals surface area contributed by atoms with E-state index in [2.05, 4.69) is 10.2 Å². The number of H-pyrrole nitrogens is 1. The molecular weight excluding hydrogens is 260 g/mol. The van der Waals surface area contributed by atoms with E-state index in [1.54, 1.807) is 4.90 Å². The van der Waals surface area contributed by atoms with Gasteiger partial charge in [-0.2, -0.15) is 5.10 Å². The Morgan fingerprint density at radius 3 is 3.05 bits per heavy atom. The van der Waals surface area contributed by atoms with Crippen LogP contribution in [0.3, 0.4) is 0 Å². The van der Waals surface area contributed by atoms with Gasteiger partial charge in [-0.05, 0) is 13.3 Å². The molecule has 2 atom stereocenters. The molecule has 0 spiro atoms. The van der Waals surface area contributed by atoms with Crippen molar-refractivity contribution in [3.63, 3.8) is 0 Å². The van der Waals surface area contributed by atoms with Gasteiger partial charge in [-0.3, -0.25) is 9.89 Å². The topological polar surface area (TPSA) is 104 Å². The van der Waals surface area contributed by atoms with Crippen LogP contribution in [0.25, 0.3) is 0 Å². The Labute approximate surface area is 118 Å². The van der Waals surface area contributed by atoms with E-state index >= 15 is 0 Å². The first kappa shape index (κ1) is 14.8. The van der Waals surface area contributed by atoms with E-state index in [4.69, 9.17) is 15.6 Å². The van der Waals surface area contributed by atoms with Crippen molar-refractivity contribution < 1.29 is 14.6 Å². The van der Waals surface area contributed by atoms with Gasteiger partial charge >= 0.3 is 0 Å². The molecule has 1 fully saturated rings. The molecule has 20 heavy (non-hydrogen) atoms. The number of hydrogen-bond acceptors (Lipinski definition) is 5. The lowest BCUT2D eigenvalue weighted by Gasteiger charge is -2.37. The number of aliphatic hydroxyl groups is 1. The largest absolute Gasteiger partial charge is 0.395 e. The quantitative estimate of drug-likeness (QED) is 0.730. The number of morpholine rings is 1. The molecule has 4 N–H and O–H groups in total. The first-order valence-electron chi connectivity index (χ1n) is 6.94. The van der Waals surface area contributed by atoms with Gasteiger partial charge in [0.25, 0.3) is 5.91 Å². The second-order valence-electron chi connectivity index (χ2n) is 5.16. The Morgan fingerprint density at radius 2 is 2.40 bits per heavy atom. The number of hydrogen-bond donors (Lipinski definition) is 3. The van der Waals surface area contributed by atoms with Crippen LogP contribution in [-0.2, 0) is 11.2 Å². The van der Waals surface area contributed by atoms with Crippen molar-refractivity contribution in [1.29, 1.82) is 0 Å². The molecule has 2 heterocycles.